The molecule has 0 unspecified atom stereocenters. The molecule has 0 aromatic carbocycles. The predicted molar refractivity (Wildman–Crippen MR) is 119 cm³/mol. The topological polar surface area (TPSA) is 88.4 Å². The van der Waals surface area contributed by atoms with Crippen LogP contribution in [0.25, 0.3) is 10.9 Å². The highest BCUT2D eigenvalue weighted by molar-refractivity contribution is 8.00. The number of piperidine rings is 1. The van der Waals surface area contributed by atoms with Gasteiger partial charge in [0.15, 0.2) is 5.78 Å². The average molecular weight is 445 g/mol. The SMILES string of the molecule is COc1cc2c(SCC(=O)c3ccc(C4(O)CCN(C)CC4)s3)nc(C)nc2cn1. The summed E-state index contributed by atoms with van der Waals surface area (Å²) in [6, 6.07) is 5.52. The molecule has 3 aromatic rings. The molecule has 30 heavy (non-hydrogen) atoms. The molecular weight excluding hydrogens is 420 g/mol. The van der Waals surface area contributed by atoms with Crippen LogP contribution in [0, 0.1) is 6.92 Å². The third-order valence-corrected chi connectivity index (χ3v) is 7.65. The summed E-state index contributed by atoms with van der Waals surface area (Å²) in [6.45, 7) is 3.53. The molecule has 0 amide bonds. The van der Waals surface area contributed by atoms with Crippen molar-refractivity contribution in [2.24, 2.45) is 0 Å². The Labute approximate surface area is 183 Å². The number of rotatable bonds is 6. The molecule has 4 rings (SSSR count). The van der Waals surface area contributed by atoms with Crippen LogP contribution in [-0.2, 0) is 5.60 Å². The van der Waals surface area contributed by atoms with Gasteiger partial charge in [0, 0.05) is 29.4 Å². The number of hydrogen-bond donors (Lipinski definition) is 1. The van der Waals surface area contributed by atoms with E-state index in [4.69, 9.17) is 4.74 Å². The Kier molecular flexibility index (Phi) is 6.06. The number of aryl methyl sites for hydroxylation is 1. The molecule has 1 aliphatic heterocycles. The summed E-state index contributed by atoms with van der Waals surface area (Å²) in [5, 5.41) is 12.5. The van der Waals surface area contributed by atoms with Gasteiger partial charge in [0.05, 0.1) is 29.5 Å². The van der Waals surface area contributed by atoms with E-state index in [2.05, 4.69) is 26.9 Å². The number of carbonyl (C=O) groups excluding carboxylic acids is 1. The maximum absolute atomic E-state index is 12.8. The number of thiophene rings is 1. The predicted octanol–water partition coefficient (Wildman–Crippen LogP) is 3.29. The van der Waals surface area contributed by atoms with E-state index in [0.717, 1.165) is 33.9 Å². The van der Waals surface area contributed by atoms with Crippen LogP contribution in [0.5, 0.6) is 5.88 Å². The minimum atomic E-state index is -0.827. The van der Waals surface area contributed by atoms with Gasteiger partial charge in [-0.05, 0) is 38.9 Å². The van der Waals surface area contributed by atoms with Crippen LogP contribution in [0.2, 0.25) is 0 Å². The zero-order valence-corrected chi connectivity index (χ0v) is 18.8. The summed E-state index contributed by atoms with van der Waals surface area (Å²) in [5.74, 6) is 1.40. The number of methoxy groups -OCH3 is 1. The Hall–Kier alpha value is -2.07. The first-order chi connectivity index (χ1) is 14.4. The van der Waals surface area contributed by atoms with Gasteiger partial charge in [-0.3, -0.25) is 4.79 Å². The fourth-order valence-electron chi connectivity index (χ4n) is 3.50. The molecular formula is C21H24N4O3S2. The summed E-state index contributed by atoms with van der Waals surface area (Å²) in [5.41, 5.74) is -0.104. The molecule has 4 heterocycles. The van der Waals surface area contributed by atoms with Gasteiger partial charge in [-0.2, -0.15) is 0 Å². The van der Waals surface area contributed by atoms with Gasteiger partial charge in [-0.15, -0.1) is 11.3 Å². The van der Waals surface area contributed by atoms with Crippen molar-refractivity contribution in [1.29, 1.82) is 0 Å². The van der Waals surface area contributed by atoms with E-state index in [9.17, 15) is 9.90 Å². The van der Waals surface area contributed by atoms with Crippen molar-refractivity contribution in [2.45, 2.75) is 30.4 Å². The molecule has 7 nitrogen and oxygen atoms in total. The molecule has 1 fully saturated rings. The second-order valence-electron chi connectivity index (χ2n) is 7.53. The van der Waals surface area contributed by atoms with E-state index in [-0.39, 0.29) is 11.5 Å². The Bertz CT molecular complexity index is 1080. The first kappa shape index (κ1) is 21.2. The molecule has 1 aliphatic rings. The molecule has 9 heteroatoms. The largest absolute Gasteiger partial charge is 0.481 e. The highest BCUT2D eigenvalue weighted by Gasteiger charge is 2.34. The van der Waals surface area contributed by atoms with Crippen LogP contribution in [-0.4, -0.2) is 63.7 Å². The number of Topliss-reactive ketones (excluding diaryl/α,β-unsaturated/α-hetero) is 1. The van der Waals surface area contributed by atoms with Crippen molar-refractivity contribution < 1.29 is 14.6 Å². The van der Waals surface area contributed by atoms with Crippen LogP contribution in [0.3, 0.4) is 0 Å². The van der Waals surface area contributed by atoms with Gasteiger partial charge in [-0.25, -0.2) is 15.0 Å². The summed E-state index contributed by atoms with van der Waals surface area (Å²) in [7, 11) is 3.62. The molecule has 3 aromatic heterocycles. The van der Waals surface area contributed by atoms with Gasteiger partial charge in [0.2, 0.25) is 5.88 Å². The maximum atomic E-state index is 12.8. The van der Waals surface area contributed by atoms with E-state index >= 15 is 0 Å². The van der Waals surface area contributed by atoms with Gasteiger partial charge >= 0.3 is 0 Å². The van der Waals surface area contributed by atoms with Crippen molar-refractivity contribution in [3.8, 4) is 5.88 Å². The summed E-state index contributed by atoms with van der Waals surface area (Å²) in [4.78, 5) is 29.7. The van der Waals surface area contributed by atoms with Gasteiger partial charge in [0.1, 0.15) is 16.5 Å². The zero-order valence-electron chi connectivity index (χ0n) is 17.2. The number of aromatic nitrogens is 3. The Morgan fingerprint density at radius 2 is 2.10 bits per heavy atom. The molecule has 1 saturated heterocycles. The van der Waals surface area contributed by atoms with Crippen molar-refractivity contribution >= 4 is 39.8 Å². The molecule has 0 saturated carbocycles. The van der Waals surface area contributed by atoms with E-state index < -0.39 is 5.60 Å². The summed E-state index contributed by atoms with van der Waals surface area (Å²) in [6.07, 6.45) is 3.03. The molecule has 1 N–H and O–H groups in total. The molecule has 158 valence electrons. The maximum Gasteiger partial charge on any atom is 0.213 e. The van der Waals surface area contributed by atoms with E-state index in [0.29, 0.717) is 29.4 Å². The van der Waals surface area contributed by atoms with Gasteiger partial charge < -0.3 is 14.7 Å². The van der Waals surface area contributed by atoms with Crippen LogP contribution in [0.15, 0.2) is 29.4 Å². The second kappa shape index (κ2) is 8.58. The van der Waals surface area contributed by atoms with Crippen LogP contribution in [0.4, 0.5) is 0 Å². The number of pyridine rings is 1. The number of ether oxygens (including phenoxy) is 1. The van der Waals surface area contributed by atoms with Crippen molar-refractivity contribution in [2.75, 3.05) is 33.0 Å². The van der Waals surface area contributed by atoms with E-state index in [1.807, 2.05) is 19.1 Å². The average Bonchev–Trinajstić information content (AvgIpc) is 3.25. The summed E-state index contributed by atoms with van der Waals surface area (Å²) >= 11 is 2.79. The fraction of sp³-hybridized carbons (Fsp3) is 0.429. The third kappa shape index (κ3) is 4.34. The number of ketones is 1. The minimum Gasteiger partial charge on any atom is -0.481 e. The highest BCUT2D eigenvalue weighted by Crippen LogP contribution is 2.37. The van der Waals surface area contributed by atoms with E-state index in [1.165, 1.54) is 23.1 Å². The highest BCUT2D eigenvalue weighted by atomic mass is 32.2. The quantitative estimate of drug-likeness (QED) is 0.352. The van der Waals surface area contributed by atoms with Crippen LogP contribution >= 0.6 is 23.1 Å². The normalized spacial score (nSPS) is 16.7. The zero-order chi connectivity index (χ0) is 21.3. The lowest BCUT2D eigenvalue weighted by Crippen LogP contribution is -2.40. The number of hydrogen-bond acceptors (Lipinski definition) is 9. The first-order valence-corrected chi connectivity index (χ1v) is 11.5. The number of aliphatic hydroxyl groups is 1. The lowest BCUT2D eigenvalue weighted by molar-refractivity contribution is -0.0172. The number of fused-ring (bicyclic) bond motifs is 1. The summed E-state index contributed by atoms with van der Waals surface area (Å²) < 4.78 is 5.21. The minimum absolute atomic E-state index is 0.0261. The van der Waals surface area contributed by atoms with Gasteiger partial charge in [-0.1, -0.05) is 11.8 Å². The molecule has 0 radical (unpaired) electrons. The number of carbonyl (C=O) groups is 1. The van der Waals surface area contributed by atoms with E-state index in [1.54, 1.807) is 19.4 Å². The Balaban J connectivity index is 1.50. The fourth-order valence-corrected chi connectivity index (χ4v) is 5.61. The van der Waals surface area contributed by atoms with Crippen LogP contribution in [0.1, 0.15) is 33.2 Å². The van der Waals surface area contributed by atoms with Crippen molar-refractivity contribution in [1.82, 2.24) is 19.9 Å². The van der Waals surface area contributed by atoms with Crippen molar-refractivity contribution in [3.05, 3.63) is 40.0 Å². The lowest BCUT2D eigenvalue weighted by atomic mass is 9.90. The standard InChI is InChI=1S/C21H24N4O3S2/c1-13-23-15-11-22-19(28-3)10-14(15)20(24-13)29-12-16(26)17-4-5-18(30-17)21(27)6-8-25(2)9-7-21/h4-5,10-11,27H,6-9,12H2,1-3H3. The monoisotopic (exact) mass is 444 g/mol. The van der Waals surface area contributed by atoms with Gasteiger partial charge in [0.25, 0.3) is 0 Å². The molecule has 0 bridgehead atoms. The number of nitrogens with zero attached hydrogens (tertiary/aromatic N) is 4. The second-order valence-corrected chi connectivity index (χ2v) is 9.58. The lowest BCUT2D eigenvalue weighted by Gasteiger charge is -2.35. The molecule has 0 spiro atoms. The van der Waals surface area contributed by atoms with Crippen molar-refractivity contribution in [3.63, 3.8) is 0 Å². The number of likely N-dealkylation sites (tertiary alicyclic amines) is 1. The third-order valence-electron chi connectivity index (χ3n) is 5.34. The molecule has 0 atom stereocenters. The Morgan fingerprint density at radius 3 is 2.83 bits per heavy atom. The molecule has 0 aliphatic carbocycles. The first-order valence-electron chi connectivity index (χ1n) is 9.73. The Morgan fingerprint density at radius 1 is 1.33 bits per heavy atom. The number of thioether (sulfide) groups is 1. The smallest absolute Gasteiger partial charge is 0.213 e. The van der Waals surface area contributed by atoms with Crippen LogP contribution < -0.4 is 4.74 Å².